The SMILES string of the molecule is COc1cccc(C2CCN2C(=O)c2ccc(CN3CCN(C)CC3)o2)c1. The zero-order valence-corrected chi connectivity index (χ0v) is 16.1. The molecule has 1 aromatic heterocycles. The number of likely N-dealkylation sites (N-methyl/N-ethyl adjacent to an activating group) is 1. The summed E-state index contributed by atoms with van der Waals surface area (Å²) in [6.07, 6.45) is 0.966. The van der Waals surface area contributed by atoms with Crippen molar-refractivity contribution in [3.8, 4) is 5.75 Å². The number of hydrogen-bond acceptors (Lipinski definition) is 5. The van der Waals surface area contributed by atoms with Crippen LogP contribution in [0.25, 0.3) is 0 Å². The number of piperazine rings is 1. The summed E-state index contributed by atoms with van der Waals surface area (Å²) in [5.74, 6) is 2.09. The Bertz CT molecular complexity index is 795. The molecule has 0 bridgehead atoms. The van der Waals surface area contributed by atoms with Crippen molar-refractivity contribution in [1.29, 1.82) is 0 Å². The van der Waals surface area contributed by atoms with E-state index in [1.165, 1.54) is 0 Å². The molecule has 6 nitrogen and oxygen atoms in total. The lowest BCUT2D eigenvalue weighted by atomic mass is 9.94. The quantitative estimate of drug-likeness (QED) is 0.811. The van der Waals surface area contributed by atoms with Gasteiger partial charge < -0.3 is 19.0 Å². The van der Waals surface area contributed by atoms with E-state index in [0.29, 0.717) is 5.76 Å². The van der Waals surface area contributed by atoms with E-state index in [-0.39, 0.29) is 11.9 Å². The number of carbonyl (C=O) groups excluding carboxylic acids is 1. The van der Waals surface area contributed by atoms with Gasteiger partial charge in [0.05, 0.1) is 19.7 Å². The molecule has 2 aliphatic rings. The third-order valence-corrected chi connectivity index (χ3v) is 5.61. The van der Waals surface area contributed by atoms with E-state index in [0.717, 1.165) is 62.8 Å². The van der Waals surface area contributed by atoms with E-state index in [9.17, 15) is 4.79 Å². The second kappa shape index (κ2) is 7.74. The van der Waals surface area contributed by atoms with Gasteiger partial charge in [-0.1, -0.05) is 12.1 Å². The monoisotopic (exact) mass is 369 g/mol. The Labute approximate surface area is 160 Å². The first-order valence-electron chi connectivity index (χ1n) is 9.58. The van der Waals surface area contributed by atoms with Gasteiger partial charge in [0.1, 0.15) is 11.5 Å². The molecule has 2 aromatic rings. The predicted molar refractivity (Wildman–Crippen MR) is 103 cm³/mol. The molecule has 1 aromatic carbocycles. The fourth-order valence-electron chi connectivity index (χ4n) is 3.77. The predicted octanol–water partition coefficient (Wildman–Crippen LogP) is 2.62. The second-order valence-electron chi connectivity index (χ2n) is 7.43. The van der Waals surface area contributed by atoms with Crippen molar-refractivity contribution in [1.82, 2.24) is 14.7 Å². The molecule has 6 heteroatoms. The maximum atomic E-state index is 12.9. The van der Waals surface area contributed by atoms with Crippen LogP contribution in [0.1, 0.15) is 34.3 Å². The highest BCUT2D eigenvalue weighted by Gasteiger charge is 2.35. The standard InChI is InChI=1S/C21H27N3O3/c1-22-10-12-23(13-11-22)15-18-6-7-20(27-18)21(25)24-9-8-19(24)16-4-3-5-17(14-16)26-2/h3-7,14,19H,8-13,15H2,1-2H3. The molecule has 1 atom stereocenters. The molecule has 27 heavy (non-hydrogen) atoms. The van der Waals surface area contributed by atoms with Crippen LogP contribution in [0.3, 0.4) is 0 Å². The van der Waals surface area contributed by atoms with Gasteiger partial charge in [0, 0.05) is 32.7 Å². The first-order valence-corrected chi connectivity index (χ1v) is 9.58. The second-order valence-corrected chi connectivity index (χ2v) is 7.43. The normalized spacial score (nSPS) is 21.1. The van der Waals surface area contributed by atoms with E-state index in [1.54, 1.807) is 7.11 Å². The Morgan fingerprint density at radius 2 is 1.96 bits per heavy atom. The molecule has 1 unspecified atom stereocenters. The lowest BCUT2D eigenvalue weighted by molar-refractivity contribution is 0.0423. The Morgan fingerprint density at radius 1 is 1.15 bits per heavy atom. The van der Waals surface area contributed by atoms with Crippen LogP contribution >= 0.6 is 0 Å². The zero-order valence-electron chi connectivity index (χ0n) is 16.1. The van der Waals surface area contributed by atoms with Crippen molar-refractivity contribution in [2.75, 3.05) is 46.9 Å². The molecule has 2 saturated heterocycles. The van der Waals surface area contributed by atoms with Gasteiger partial charge in [0.25, 0.3) is 5.91 Å². The summed E-state index contributed by atoms with van der Waals surface area (Å²) >= 11 is 0. The molecule has 4 rings (SSSR count). The molecule has 0 aliphatic carbocycles. The Hall–Kier alpha value is -2.31. The van der Waals surface area contributed by atoms with E-state index < -0.39 is 0 Å². The van der Waals surface area contributed by atoms with Crippen LogP contribution < -0.4 is 4.74 Å². The van der Waals surface area contributed by atoms with E-state index >= 15 is 0 Å². The Kier molecular flexibility index (Phi) is 5.18. The fraction of sp³-hybridized carbons (Fsp3) is 0.476. The molecule has 0 spiro atoms. The third-order valence-electron chi connectivity index (χ3n) is 5.61. The maximum Gasteiger partial charge on any atom is 0.290 e. The third kappa shape index (κ3) is 3.87. The van der Waals surface area contributed by atoms with Crippen molar-refractivity contribution >= 4 is 5.91 Å². The lowest BCUT2D eigenvalue weighted by Crippen LogP contribution is -2.45. The van der Waals surface area contributed by atoms with Crippen molar-refractivity contribution in [3.63, 3.8) is 0 Å². The van der Waals surface area contributed by atoms with Gasteiger partial charge in [-0.2, -0.15) is 0 Å². The number of methoxy groups -OCH3 is 1. The molecule has 2 fully saturated rings. The summed E-state index contributed by atoms with van der Waals surface area (Å²) in [5.41, 5.74) is 1.11. The molecule has 0 N–H and O–H groups in total. The molecule has 0 saturated carbocycles. The van der Waals surface area contributed by atoms with Crippen molar-refractivity contribution in [3.05, 3.63) is 53.5 Å². The molecule has 144 valence electrons. The smallest absolute Gasteiger partial charge is 0.290 e. The highest BCUT2D eigenvalue weighted by atomic mass is 16.5. The van der Waals surface area contributed by atoms with Crippen molar-refractivity contribution in [2.45, 2.75) is 19.0 Å². The summed E-state index contributed by atoms with van der Waals surface area (Å²) in [4.78, 5) is 19.5. The molecule has 3 heterocycles. The van der Waals surface area contributed by atoms with Crippen LogP contribution in [-0.4, -0.2) is 67.5 Å². The van der Waals surface area contributed by atoms with Crippen LogP contribution in [0.5, 0.6) is 5.75 Å². The number of ether oxygens (including phenoxy) is 1. The van der Waals surface area contributed by atoms with Crippen molar-refractivity contribution < 1.29 is 13.9 Å². The van der Waals surface area contributed by atoms with E-state index in [4.69, 9.17) is 9.15 Å². The number of nitrogens with zero attached hydrogens (tertiary/aromatic N) is 3. The topological polar surface area (TPSA) is 49.2 Å². The van der Waals surface area contributed by atoms with Gasteiger partial charge in [-0.05, 0) is 43.3 Å². The number of rotatable bonds is 5. The average molecular weight is 369 g/mol. The van der Waals surface area contributed by atoms with Gasteiger partial charge in [-0.25, -0.2) is 0 Å². The highest BCUT2D eigenvalue weighted by Crippen LogP contribution is 2.36. The zero-order chi connectivity index (χ0) is 18.8. The van der Waals surface area contributed by atoms with E-state index in [1.807, 2.05) is 41.3 Å². The number of amides is 1. The van der Waals surface area contributed by atoms with E-state index in [2.05, 4.69) is 16.8 Å². The molecule has 2 aliphatic heterocycles. The van der Waals surface area contributed by atoms with Gasteiger partial charge in [0.2, 0.25) is 0 Å². The van der Waals surface area contributed by atoms with Crippen LogP contribution in [0, 0.1) is 0 Å². The summed E-state index contributed by atoms with van der Waals surface area (Å²) in [5, 5.41) is 0. The first kappa shape index (κ1) is 18.1. The van der Waals surface area contributed by atoms with Crippen LogP contribution in [-0.2, 0) is 6.54 Å². The summed E-state index contributed by atoms with van der Waals surface area (Å²) in [6.45, 7) is 5.73. The van der Waals surface area contributed by atoms with Gasteiger partial charge >= 0.3 is 0 Å². The maximum absolute atomic E-state index is 12.9. The minimum Gasteiger partial charge on any atom is -0.497 e. The number of carbonyl (C=O) groups is 1. The number of hydrogen-bond donors (Lipinski definition) is 0. The largest absolute Gasteiger partial charge is 0.497 e. The van der Waals surface area contributed by atoms with Crippen LogP contribution in [0.2, 0.25) is 0 Å². The van der Waals surface area contributed by atoms with Gasteiger partial charge in [-0.15, -0.1) is 0 Å². The minimum absolute atomic E-state index is 0.0290. The van der Waals surface area contributed by atoms with Gasteiger partial charge in [-0.3, -0.25) is 9.69 Å². The number of benzene rings is 1. The average Bonchev–Trinajstić information content (AvgIpc) is 3.11. The number of furan rings is 1. The molecular weight excluding hydrogens is 342 g/mol. The minimum atomic E-state index is -0.0290. The molecular formula is C21H27N3O3. The fourth-order valence-corrected chi connectivity index (χ4v) is 3.77. The summed E-state index contributed by atoms with van der Waals surface area (Å²) in [6, 6.07) is 11.8. The van der Waals surface area contributed by atoms with Gasteiger partial charge in [0.15, 0.2) is 5.76 Å². The van der Waals surface area contributed by atoms with Crippen molar-refractivity contribution in [2.24, 2.45) is 0 Å². The summed E-state index contributed by atoms with van der Waals surface area (Å²) < 4.78 is 11.2. The number of likely N-dealkylation sites (tertiary alicyclic amines) is 1. The lowest BCUT2D eigenvalue weighted by Gasteiger charge is -2.40. The first-order chi connectivity index (χ1) is 13.1. The Balaban J connectivity index is 1.40. The summed E-state index contributed by atoms with van der Waals surface area (Å²) in [7, 11) is 3.81. The molecule has 1 amide bonds. The van der Waals surface area contributed by atoms with Crippen LogP contribution in [0.15, 0.2) is 40.8 Å². The molecule has 0 radical (unpaired) electrons. The van der Waals surface area contributed by atoms with Crippen LogP contribution in [0.4, 0.5) is 0 Å². The Morgan fingerprint density at radius 3 is 2.67 bits per heavy atom. The highest BCUT2D eigenvalue weighted by molar-refractivity contribution is 5.92.